The highest BCUT2D eigenvalue weighted by Crippen LogP contribution is 2.39. The van der Waals surface area contributed by atoms with Crippen LogP contribution >= 0.6 is 0 Å². The Bertz CT molecular complexity index is 458. The van der Waals surface area contributed by atoms with E-state index in [1.54, 1.807) is 0 Å². The molecule has 3 nitrogen and oxygen atoms in total. The molecule has 1 aliphatic carbocycles. The number of hydrogen-bond acceptors (Lipinski definition) is 3. The van der Waals surface area contributed by atoms with Crippen LogP contribution in [0.15, 0.2) is 12.3 Å². The molecule has 1 saturated carbocycles. The molecule has 0 aromatic carbocycles. The van der Waals surface area contributed by atoms with Crippen molar-refractivity contribution in [2.24, 2.45) is 5.92 Å². The summed E-state index contributed by atoms with van der Waals surface area (Å²) in [5, 5.41) is 3.45. The number of aryl methyl sites for hydroxylation is 1. The summed E-state index contributed by atoms with van der Waals surface area (Å²) in [5.41, 5.74) is 3.94. The second-order valence-corrected chi connectivity index (χ2v) is 6.33. The lowest BCUT2D eigenvalue weighted by Gasteiger charge is -2.34. The van der Waals surface area contributed by atoms with Gasteiger partial charge in [0.1, 0.15) is 0 Å². The number of nitrogens with zero attached hydrogens (tertiary/aromatic N) is 2. The standard InChI is InChI=1S/C17H27N3/c1-3-18-11-15-12-19-13(2)10-17(15)20-9-8-14-6-4-5-7-16(14)20/h10,12,14,16,18H,3-9,11H2,1-2H3. The van der Waals surface area contributed by atoms with Crippen LogP contribution in [0.3, 0.4) is 0 Å². The second kappa shape index (κ2) is 6.13. The minimum absolute atomic E-state index is 0.783. The summed E-state index contributed by atoms with van der Waals surface area (Å²) in [6.07, 6.45) is 9.12. The predicted molar refractivity (Wildman–Crippen MR) is 84.1 cm³/mol. The first-order chi connectivity index (χ1) is 9.79. The van der Waals surface area contributed by atoms with Crippen LogP contribution in [0.1, 0.15) is 50.3 Å². The van der Waals surface area contributed by atoms with E-state index in [2.05, 4.69) is 41.3 Å². The molecular weight excluding hydrogens is 246 g/mol. The summed E-state index contributed by atoms with van der Waals surface area (Å²) in [4.78, 5) is 7.19. The van der Waals surface area contributed by atoms with E-state index in [1.807, 2.05) is 0 Å². The van der Waals surface area contributed by atoms with Gasteiger partial charge in [0.15, 0.2) is 0 Å². The average Bonchev–Trinajstić information content (AvgIpc) is 2.90. The van der Waals surface area contributed by atoms with Crippen molar-refractivity contribution < 1.29 is 0 Å². The molecule has 1 aromatic heterocycles. The van der Waals surface area contributed by atoms with Gasteiger partial charge in [-0.25, -0.2) is 0 Å². The smallest absolute Gasteiger partial charge is 0.0448 e. The molecule has 2 aliphatic rings. The van der Waals surface area contributed by atoms with Gasteiger partial charge >= 0.3 is 0 Å². The zero-order valence-corrected chi connectivity index (χ0v) is 12.9. The minimum Gasteiger partial charge on any atom is -0.368 e. The van der Waals surface area contributed by atoms with Gasteiger partial charge in [0.05, 0.1) is 0 Å². The lowest BCUT2D eigenvalue weighted by Crippen LogP contribution is -2.35. The number of anilines is 1. The van der Waals surface area contributed by atoms with Gasteiger partial charge in [-0.3, -0.25) is 4.98 Å². The van der Waals surface area contributed by atoms with Crippen LogP contribution in [0.4, 0.5) is 5.69 Å². The molecule has 1 aliphatic heterocycles. The average molecular weight is 273 g/mol. The lowest BCUT2D eigenvalue weighted by atomic mass is 9.85. The molecule has 2 unspecified atom stereocenters. The van der Waals surface area contributed by atoms with Gasteiger partial charge in [0.25, 0.3) is 0 Å². The molecule has 2 heterocycles. The van der Waals surface area contributed by atoms with E-state index >= 15 is 0 Å². The quantitative estimate of drug-likeness (QED) is 0.912. The van der Waals surface area contributed by atoms with Crippen molar-refractivity contribution in [2.75, 3.05) is 18.0 Å². The molecule has 1 aromatic rings. The Morgan fingerprint density at radius 1 is 1.30 bits per heavy atom. The van der Waals surface area contributed by atoms with Crippen molar-refractivity contribution in [2.45, 2.75) is 58.5 Å². The summed E-state index contributed by atoms with van der Waals surface area (Å²) < 4.78 is 0. The van der Waals surface area contributed by atoms with E-state index in [1.165, 1.54) is 49.9 Å². The Labute approximate surface area is 122 Å². The van der Waals surface area contributed by atoms with Crippen molar-refractivity contribution >= 4 is 5.69 Å². The maximum absolute atomic E-state index is 4.50. The molecule has 0 radical (unpaired) electrons. The fraction of sp³-hybridized carbons (Fsp3) is 0.706. The van der Waals surface area contributed by atoms with Crippen molar-refractivity contribution in [3.8, 4) is 0 Å². The van der Waals surface area contributed by atoms with Gasteiger partial charge in [-0.15, -0.1) is 0 Å². The van der Waals surface area contributed by atoms with Gasteiger partial charge in [-0.1, -0.05) is 19.8 Å². The largest absolute Gasteiger partial charge is 0.368 e. The van der Waals surface area contributed by atoms with Crippen molar-refractivity contribution in [3.05, 3.63) is 23.5 Å². The van der Waals surface area contributed by atoms with Crippen LogP contribution in [-0.2, 0) is 6.54 Å². The zero-order chi connectivity index (χ0) is 13.9. The molecule has 1 saturated heterocycles. The maximum atomic E-state index is 4.50. The second-order valence-electron chi connectivity index (χ2n) is 6.33. The number of aromatic nitrogens is 1. The van der Waals surface area contributed by atoms with Gasteiger partial charge < -0.3 is 10.2 Å². The van der Waals surface area contributed by atoms with Crippen molar-refractivity contribution in [1.82, 2.24) is 10.3 Å². The molecule has 2 fully saturated rings. The highest BCUT2D eigenvalue weighted by molar-refractivity contribution is 5.55. The summed E-state index contributed by atoms with van der Waals surface area (Å²) in [6.45, 7) is 7.45. The summed E-state index contributed by atoms with van der Waals surface area (Å²) in [6, 6.07) is 3.08. The van der Waals surface area contributed by atoms with Crippen LogP contribution in [0, 0.1) is 12.8 Å². The Balaban J connectivity index is 1.86. The van der Waals surface area contributed by atoms with Crippen LogP contribution in [-0.4, -0.2) is 24.1 Å². The molecule has 0 bridgehead atoms. The third-order valence-corrected chi connectivity index (χ3v) is 4.98. The Morgan fingerprint density at radius 3 is 3.00 bits per heavy atom. The highest BCUT2D eigenvalue weighted by atomic mass is 15.2. The van der Waals surface area contributed by atoms with Crippen LogP contribution in [0.5, 0.6) is 0 Å². The van der Waals surface area contributed by atoms with E-state index in [0.29, 0.717) is 0 Å². The van der Waals surface area contributed by atoms with Gasteiger partial charge in [0, 0.05) is 42.3 Å². The van der Waals surface area contributed by atoms with Gasteiger partial charge in [-0.2, -0.15) is 0 Å². The number of nitrogens with one attached hydrogen (secondary N) is 1. The van der Waals surface area contributed by atoms with Crippen LogP contribution < -0.4 is 10.2 Å². The topological polar surface area (TPSA) is 28.2 Å². The molecule has 3 heteroatoms. The zero-order valence-electron chi connectivity index (χ0n) is 12.9. The van der Waals surface area contributed by atoms with Gasteiger partial charge in [0.2, 0.25) is 0 Å². The van der Waals surface area contributed by atoms with Crippen LogP contribution in [0.25, 0.3) is 0 Å². The molecule has 1 N–H and O–H groups in total. The predicted octanol–water partition coefficient (Wildman–Crippen LogP) is 3.27. The molecule has 20 heavy (non-hydrogen) atoms. The van der Waals surface area contributed by atoms with E-state index in [9.17, 15) is 0 Å². The number of fused-ring (bicyclic) bond motifs is 1. The maximum Gasteiger partial charge on any atom is 0.0448 e. The number of rotatable bonds is 4. The first kappa shape index (κ1) is 13.9. The Morgan fingerprint density at radius 2 is 2.15 bits per heavy atom. The van der Waals surface area contributed by atoms with Gasteiger partial charge in [-0.05, 0) is 44.7 Å². The first-order valence-corrected chi connectivity index (χ1v) is 8.22. The van der Waals surface area contributed by atoms with E-state index < -0.39 is 0 Å². The fourth-order valence-electron chi connectivity index (χ4n) is 3.94. The third kappa shape index (κ3) is 2.69. The van der Waals surface area contributed by atoms with E-state index in [0.717, 1.165) is 30.7 Å². The third-order valence-electron chi connectivity index (χ3n) is 4.98. The van der Waals surface area contributed by atoms with Crippen molar-refractivity contribution in [1.29, 1.82) is 0 Å². The normalized spacial score (nSPS) is 25.8. The van der Waals surface area contributed by atoms with E-state index in [-0.39, 0.29) is 0 Å². The number of pyridine rings is 1. The monoisotopic (exact) mass is 273 g/mol. The molecule has 110 valence electrons. The lowest BCUT2D eigenvalue weighted by molar-refractivity contribution is 0.342. The Kier molecular flexibility index (Phi) is 4.25. The summed E-state index contributed by atoms with van der Waals surface area (Å²) in [5.74, 6) is 0.934. The Hall–Kier alpha value is -1.09. The van der Waals surface area contributed by atoms with Crippen molar-refractivity contribution in [3.63, 3.8) is 0 Å². The van der Waals surface area contributed by atoms with Crippen LogP contribution in [0.2, 0.25) is 0 Å². The first-order valence-electron chi connectivity index (χ1n) is 8.22. The molecule has 0 spiro atoms. The SMILES string of the molecule is CCNCc1cnc(C)cc1N1CCC2CCCCC21. The molecule has 2 atom stereocenters. The molecule has 3 rings (SSSR count). The highest BCUT2D eigenvalue weighted by Gasteiger charge is 2.36. The molecule has 0 amide bonds. The fourth-order valence-corrected chi connectivity index (χ4v) is 3.94. The number of hydrogen-bond donors (Lipinski definition) is 1. The molecular formula is C17H27N3. The minimum atomic E-state index is 0.783. The summed E-state index contributed by atoms with van der Waals surface area (Å²) >= 11 is 0. The summed E-state index contributed by atoms with van der Waals surface area (Å²) in [7, 11) is 0. The van der Waals surface area contributed by atoms with E-state index in [4.69, 9.17) is 0 Å².